The van der Waals surface area contributed by atoms with Gasteiger partial charge in [-0.1, -0.05) is 90.6 Å². The number of carbonyl (C=O) groups excluding carboxylic acids is 1. The number of fused-ring (bicyclic) bond motifs is 4. The molecule has 0 saturated carbocycles. The average molecular weight is 595 g/mol. The number of aliphatic imine (C=N–C) groups is 1. The number of nitrogens with one attached hydrogen (secondary N) is 1. The molecule has 2 atom stereocenters. The highest BCUT2D eigenvalue weighted by Crippen LogP contribution is 2.46. The predicted molar refractivity (Wildman–Crippen MR) is 166 cm³/mol. The van der Waals surface area contributed by atoms with E-state index in [4.69, 9.17) is 19.2 Å². The fraction of sp³-hybridized carbons (Fsp3) is 0.257. The highest BCUT2D eigenvalue weighted by molar-refractivity contribution is 8.13. The first-order valence-electron chi connectivity index (χ1n) is 14.5. The quantitative estimate of drug-likeness (QED) is 0.254. The number of alkyl carbamates (subject to hydrolysis) is 1. The Morgan fingerprint density at radius 1 is 0.977 bits per heavy atom. The maximum atomic E-state index is 15.7. The van der Waals surface area contributed by atoms with Crippen molar-refractivity contribution in [1.29, 1.82) is 0 Å². The summed E-state index contributed by atoms with van der Waals surface area (Å²) in [6.07, 6.45) is 0.170. The van der Waals surface area contributed by atoms with Gasteiger partial charge in [0.2, 0.25) is 0 Å². The van der Waals surface area contributed by atoms with Gasteiger partial charge in [0.1, 0.15) is 30.3 Å². The van der Waals surface area contributed by atoms with Crippen LogP contribution in [0.1, 0.15) is 34.6 Å². The molecular formula is C35H31FN2O4S. The molecule has 1 N–H and O–H groups in total. The molecule has 4 aromatic carbocycles. The molecule has 3 aliphatic rings. The first kappa shape index (κ1) is 27.7. The van der Waals surface area contributed by atoms with Gasteiger partial charge in [0.05, 0.1) is 6.61 Å². The van der Waals surface area contributed by atoms with Crippen LogP contribution in [0.4, 0.5) is 9.18 Å². The molecule has 218 valence electrons. The van der Waals surface area contributed by atoms with Crippen molar-refractivity contribution >= 4 is 23.0 Å². The zero-order chi connectivity index (χ0) is 29.2. The van der Waals surface area contributed by atoms with Gasteiger partial charge in [-0.25, -0.2) is 14.2 Å². The molecular weight excluding hydrogens is 563 g/mol. The lowest BCUT2D eigenvalue weighted by Crippen LogP contribution is -2.49. The van der Waals surface area contributed by atoms with E-state index >= 15 is 4.39 Å². The van der Waals surface area contributed by atoms with Crippen molar-refractivity contribution in [1.82, 2.24) is 5.32 Å². The van der Waals surface area contributed by atoms with Crippen molar-refractivity contribution in [3.63, 3.8) is 0 Å². The number of benzene rings is 4. The van der Waals surface area contributed by atoms with E-state index in [1.807, 2.05) is 54.6 Å². The van der Waals surface area contributed by atoms with Gasteiger partial charge in [-0.2, -0.15) is 0 Å². The maximum Gasteiger partial charge on any atom is 0.413 e. The van der Waals surface area contributed by atoms with Gasteiger partial charge in [-0.05, 0) is 46.4 Å². The third-order valence-electron chi connectivity index (χ3n) is 8.54. The van der Waals surface area contributed by atoms with E-state index in [1.54, 1.807) is 12.1 Å². The van der Waals surface area contributed by atoms with Gasteiger partial charge >= 0.3 is 6.09 Å². The Bertz CT molecular complexity index is 1630. The third-order valence-corrected chi connectivity index (χ3v) is 9.57. The molecule has 4 aromatic rings. The average Bonchev–Trinajstić information content (AvgIpc) is 3.36. The SMILES string of the molecule is O=C(NC1=N[C@@]2(c3ccc(OCc4ccccc4)cc3F)COCC[C@H]2CS1)OCC1c2ccccc2-c2ccccc21. The Kier molecular flexibility index (Phi) is 7.63. The van der Waals surface area contributed by atoms with Gasteiger partial charge in [-0.3, -0.25) is 5.32 Å². The molecule has 6 nitrogen and oxygen atoms in total. The molecule has 1 saturated heterocycles. The fourth-order valence-corrected chi connectivity index (χ4v) is 7.55. The minimum Gasteiger partial charge on any atom is -0.489 e. The second kappa shape index (κ2) is 11.9. The first-order valence-corrected chi connectivity index (χ1v) is 15.5. The number of nitrogens with zero attached hydrogens (tertiary/aromatic N) is 1. The Morgan fingerprint density at radius 2 is 1.70 bits per heavy atom. The van der Waals surface area contributed by atoms with Crippen molar-refractivity contribution in [2.24, 2.45) is 10.9 Å². The number of hydrogen-bond acceptors (Lipinski definition) is 6. The Hall–Kier alpha value is -4.14. The highest BCUT2D eigenvalue weighted by atomic mass is 32.2. The highest BCUT2D eigenvalue weighted by Gasteiger charge is 2.47. The molecule has 8 heteroatoms. The van der Waals surface area contributed by atoms with Crippen LogP contribution in [0, 0.1) is 11.7 Å². The third kappa shape index (κ3) is 5.41. The Labute approximate surface area is 254 Å². The van der Waals surface area contributed by atoms with E-state index in [0.29, 0.717) is 35.4 Å². The summed E-state index contributed by atoms with van der Waals surface area (Å²) in [6, 6.07) is 31.1. The van der Waals surface area contributed by atoms with Crippen molar-refractivity contribution in [3.05, 3.63) is 125 Å². The van der Waals surface area contributed by atoms with Crippen molar-refractivity contribution in [2.75, 3.05) is 25.6 Å². The number of amidine groups is 1. The lowest BCUT2D eigenvalue weighted by molar-refractivity contribution is 0.00284. The van der Waals surface area contributed by atoms with Crippen LogP contribution in [0.15, 0.2) is 102 Å². The molecule has 7 rings (SSSR count). The van der Waals surface area contributed by atoms with Crippen LogP contribution >= 0.6 is 11.8 Å². The van der Waals surface area contributed by atoms with E-state index in [0.717, 1.165) is 23.1 Å². The second-order valence-corrected chi connectivity index (χ2v) is 12.1. The minimum atomic E-state index is -0.947. The number of thioether (sulfide) groups is 1. The summed E-state index contributed by atoms with van der Waals surface area (Å²) in [4.78, 5) is 18.0. The van der Waals surface area contributed by atoms with Gasteiger partial charge in [0.25, 0.3) is 0 Å². The minimum absolute atomic E-state index is 0.0433. The molecule has 1 amide bonds. The lowest BCUT2D eigenvalue weighted by Gasteiger charge is -2.44. The number of rotatable bonds is 6. The number of ether oxygens (including phenoxy) is 3. The van der Waals surface area contributed by atoms with Crippen molar-refractivity contribution in [3.8, 4) is 16.9 Å². The van der Waals surface area contributed by atoms with Crippen LogP contribution in [0.3, 0.4) is 0 Å². The zero-order valence-corrected chi connectivity index (χ0v) is 24.3. The molecule has 0 aromatic heterocycles. The zero-order valence-electron chi connectivity index (χ0n) is 23.5. The summed E-state index contributed by atoms with van der Waals surface area (Å²) in [5.74, 6) is 0.735. The van der Waals surface area contributed by atoms with Crippen molar-refractivity contribution < 1.29 is 23.4 Å². The summed E-state index contributed by atoms with van der Waals surface area (Å²) in [6.45, 7) is 1.38. The molecule has 0 radical (unpaired) electrons. The fourth-order valence-electron chi connectivity index (χ4n) is 6.37. The van der Waals surface area contributed by atoms with Crippen molar-refractivity contribution in [2.45, 2.75) is 24.5 Å². The van der Waals surface area contributed by atoms with E-state index in [9.17, 15) is 4.79 Å². The Morgan fingerprint density at radius 3 is 2.44 bits per heavy atom. The number of halogens is 1. The second-order valence-electron chi connectivity index (χ2n) is 11.1. The monoisotopic (exact) mass is 594 g/mol. The summed E-state index contributed by atoms with van der Waals surface area (Å²) in [5, 5.41) is 3.24. The largest absolute Gasteiger partial charge is 0.489 e. The summed E-state index contributed by atoms with van der Waals surface area (Å²) >= 11 is 1.46. The van der Waals surface area contributed by atoms with Crippen LogP contribution in [-0.2, 0) is 21.6 Å². The van der Waals surface area contributed by atoms with Gasteiger partial charge in [0, 0.05) is 35.8 Å². The molecule has 1 aliphatic carbocycles. The van der Waals surface area contributed by atoms with Gasteiger partial charge < -0.3 is 14.2 Å². The van der Waals surface area contributed by atoms with E-state index in [2.05, 4.69) is 29.6 Å². The number of amides is 1. The smallest absolute Gasteiger partial charge is 0.413 e. The number of carbonyl (C=O) groups is 1. The number of hydrogen-bond donors (Lipinski definition) is 1. The van der Waals surface area contributed by atoms with E-state index < -0.39 is 17.4 Å². The summed E-state index contributed by atoms with van der Waals surface area (Å²) in [5.41, 5.74) is 5.13. The molecule has 43 heavy (non-hydrogen) atoms. The lowest BCUT2D eigenvalue weighted by atomic mass is 9.76. The first-order chi connectivity index (χ1) is 21.1. The van der Waals surface area contributed by atoms with Gasteiger partial charge in [-0.15, -0.1) is 0 Å². The molecule has 2 heterocycles. The van der Waals surface area contributed by atoms with Crippen LogP contribution in [0.25, 0.3) is 11.1 Å². The topological polar surface area (TPSA) is 69.2 Å². The van der Waals surface area contributed by atoms with E-state index in [-0.39, 0.29) is 25.0 Å². The van der Waals surface area contributed by atoms with Crippen LogP contribution in [-0.4, -0.2) is 36.8 Å². The molecule has 1 fully saturated rings. The van der Waals surface area contributed by atoms with Crippen LogP contribution in [0.5, 0.6) is 5.75 Å². The molecule has 0 unspecified atom stereocenters. The molecule has 0 bridgehead atoms. The standard InChI is InChI=1S/C35H31FN2O4S/c36-32-18-25(41-19-23-8-2-1-3-9-23)14-15-31(32)35-22-40-17-16-24(35)21-43-33(38-35)37-34(39)42-20-30-28-12-6-4-10-26(28)27-11-5-7-13-29(27)30/h1-15,18,24,30H,16-17,19-22H2,(H,37,38,39)/t24-,35-/m0/s1. The van der Waals surface area contributed by atoms with Gasteiger partial charge in [0.15, 0.2) is 5.17 Å². The predicted octanol–water partition coefficient (Wildman–Crippen LogP) is 7.28. The Balaban J connectivity index is 1.07. The molecule has 0 spiro atoms. The van der Waals surface area contributed by atoms with Crippen LogP contribution in [0.2, 0.25) is 0 Å². The van der Waals surface area contributed by atoms with Crippen LogP contribution < -0.4 is 10.1 Å². The summed E-state index contributed by atoms with van der Waals surface area (Å²) in [7, 11) is 0. The van der Waals surface area contributed by atoms with E-state index in [1.165, 1.54) is 29.0 Å². The molecule has 2 aliphatic heterocycles. The normalized spacial score (nSPS) is 20.8. The maximum absolute atomic E-state index is 15.7. The summed E-state index contributed by atoms with van der Waals surface area (Å²) < 4.78 is 33.2.